The van der Waals surface area contributed by atoms with E-state index in [4.69, 9.17) is 4.74 Å². The van der Waals surface area contributed by atoms with Gasteiger partial charge in [-0.15, -0.1) is 0 Å². The highest BCUT2D eigenvalue weighted by Crippen LogP contribution is 2.23. The van der Waals surface area contributed by atoms with E-state index in [-0.39, 0.29) is 18.1 Å². The third kappa shape index (κ3) is 5.10. The Balaban J connectivity index is 1.97. The Hall–Kier alpha value is -1.81. The summed E-state index contributed by atoms with van der Waals surface area (Å²) >= 11 is 0. The van der Waals surface area contributed by atoms with Crippen LogP contribution in [-0.2, 0) is 4.79 Å². The molecule has 0 radical (unpaired) electrons. The molecule has 0 aliphatic carbocycles. The number of rotatable bonds is 6. The molecule has 1 heterocycles. The number of amides is 1. The van der Waals surface area contributed by atoms with Gasteiger partial charge in [0.25, 0.3) is 0 Å². The summed E-state index contributed by atoms with van der Waals surface area (Å²) in [4.78, 5) is 14.2. The second kappa shape index (κ2) is 8.88. The lowest BCUT2D eigenvalue weighted by atomic mass is 9.92. The van der Waals surface area contributed by atoms with E-state index < -0.39 is 0 Å². The minimum atomic E-state index is -0.289. The van der Waals surface area contributed by atoms with Crippen LogP contribution < -0.4 is 4.74 Å². The molecule has 0 saturated carbocycles. The maximum Gasteiger partial charge on any atom is 0.246 e. The molecule has 0 aromatic heterocycles. The zero-order valence-corrected chi connectivity index (χ0v) is 14.9. The van der Waals surface area contributed by atoms with Crippen molar-refractivity contribution in [1.82, 2.24) is 4.90 Å². The van der Waals surface area contributed by atoms with Crippen molar-refractivity contribution in [3.8, 4) is 5.75 Å². The van der Waals surface area contributed by atoms with Gasteiger partial charge in [-0.25, -0.2) is 0 Å². The van der Waals surface area contributed by atoms with Crippen molar-refractivity contribution in [2.45, 2.75) is 52.2 Å². The molecular weight excluding hydrogens is 302 g/mol. The predicted molar refractivity (Wildman–Crippen MR) is 96.8 cm³/mol. The standard InChI is InChI=1S/C20H29NO3/c1-4-15(2)24-19-8-6-5-7-18(19)9-10-20(23)21-13-11-17(12-14-21)16(3)22/h5-10,15-17,22H,4,11-14H2,1-3H3. The Labute approximate surface area is 145 Å². The third-order valence-corrected chi connectivity index (χ3v) is 4.76. The largest absolute Gasteiger partial charge is 0.490 e. The fraction of sp³-hybridized carbons (Fsp3) is 0.550. The molecule has 1 aliphatic heterocycles. The number of aliphatic hydroxyl groups excluding tert-OH is 1. The number of ether oxygens (including phenoxy) is 1. The first-order valence-corrected chi connectivity index (χ1v) is 8.92. The van der Waals surface area contributed by atoms with Crippen molar-refractivity contribution in [3.63, 3.8) is 0 Å². The maximum absolute atomic E-state index is 12.4. The van der Waals surface area contributed by atoms with Gasteiger partial charge in [-0.05, 0) is 51.2 Å². The van der Waals surface area contributed by atoms with Crippen LogP contribution in [0.3, 0.4) is 0 Å². The Morgan fingerprint density at radius 1 is 1.33 bits per heavy atom. The molecule has 1 aromatic rings. The third-order valence-electron chi connectivity index (χ3n) is 4.76. The second-order valence-corrected chi connectivity index (χ2v) is 6.61. The van der Waals surface area contributed by atoms with Crippen LogP contribution in [-0.4, -0.2) is 41.2 Å². The molecule has 4 nitrogen and oxygen atoms in total. The molecule has 2 unspecified atom stereocenters. The monoisotopic (exact) mass is 331 g/mol. The lowest BCUT2D eigenvalue weighted by Gasteiger charge is -2.32. The van der Waals surface area contributed by atoms with Crippen molar-refractivity contribution in [3.05, 3.63) is 35.9 Å². The summed E-state index contributed by atoms with van der Waals surface area (Å²) in [5.74, 6) is 1.14. The summed E-state index contributed by atoms with van der Waals surface area (Å²) in [7, 11) is 0. The van der Waals surface area contributed by atoms with Crippen LogP contribution in [0.4, 0.5) is 0 Å². The van der Waals surface area contributed by atoms with Crippen LogP contribution in [0.15, 0.2) is 30.3 Å². The summed E-state index contributed by atoms with van der Waals surface area (Å²) in [6, 6.07) is 7.78. The SMILES string of the molecule is CCC(C)Oc1ccccc1C=CC(=O)N1CCC(C(C)O)CC1. The molecule has 132 valence electrons. The van der Waals surface area contributed by atoms with E-state index in [1.165, 1.54) is 0 Å². The second-order valence-electron chi connectivity index (χ2n) is 6.61. The number of carbonyl (C=O) groups is 1. The zero-order valence-electron chi connectivity index (χ0n) is 14.9. The molecule has 24 heavy (non-hydrogen) atoms. The smallest absolute Gasteiger partial charge is 0.246 e. The molecule has 1 aromatic carbocycles. The van der Waals surface area contributed by atoms with Crippen LogP contribution in [0.2, 0.25) is 0 Å². The van der Waals surface area contributed by atoms with Crippen molar-refractivity contribution >= 4 is 12.0 Å². The van der Waals surface area contributed by atoms with Crippen molar-refractivity contribution in [2.24, 2.45) is 5.92 Å². The van der Waals surface area contributed by atoms with E-state index in [0.717, 1.165) is 30.6 Å². The van der Waals surface area contributed by atoms with Gasteiger partial charge in [0.15, 0.2) is 0 Å². The first kappa shape index (κ1) is 18.5. The molecule has 1 fully saturated rings. The summed E-state index contributed by atoms with van der Waals surface area (Å²) < 4.78 is 5.91. The fourth-order valence-corrected chi connectivity index (χ4v) is 2.89. The lowest BCUT2D eigenvalue weighted by Crippen LogP contribution is -2.39. The number of hydrogen-bond donors (Lipinski definition) is 1. The van der Waals surface area contributed by atoms with Gasteiger partial charge in [-0.3, -0.25) is 4.79 Å². The highest BCUT2D eigenvalue weighted by Gasteiger charge is 2.24. The summed E-state index contributed by atoms with van der Waals surface area (Å²) in [5.41, 5.74) is 0.921. The average molecular weight is 331 g/mol. The predicted octanol–water partition coefficient (Wildman–Crippen LogP) is 3.50. The van der Waals surface area contributed by atoms with Gasteiger partial charge in [0, 0.05) is 24.7 Å². The number of likely N-dealkylation sites (tertiary alicyclic amines) is 1. The number of nitrogens with zero attached hydrogens (tertiary/aromatic N) is 1. The number of aliphatic hydroxyl groups is 1. The van der Waals surface area contributed by atoms with Crippen molar-refractivity contribution in [2.75, 3.05) is 13.1 Å². The van der Waals surface area contributed by atoms with E-state index in [2.05, 4.69) is 6.92 Å². The van der Waals surface area contributed by atoms with Crippen LogP contribution in [0.1, 0.15) is 45.6 Å². The van der Waals surface area contributed by atoms with Gasteiger partial charge in [-0.1, -0.05) is 25.1 Å². The van der Waals surface area contributed by atoms with E-state index in [9.17, 15) is 9.90 Å². The zero-order chi connectivity index (χ0) is 17.5. The minimum absolute atomic E-state index is 0.0254. The molecular formula is C20H29NO3. The van der Waals surface area contributed by atoms with Crippen molar-refractivity contribution < 1.29 is 14.6 Å². The number of para-hydroxylation sites is 1. The van der Waals surface area contributed by atoms with Gasteiger partial charge in [0.1, 0.15) is 5.75 Å². The maximum atomic E-state index is 12.4. The highest BCUT2D eigenvalue weighted by atomic mass is 16.5. The molecule has 0 bridgehead atoms. The van der Waals surface area contributed by atoms with E-state index >= 15 is 0 Å². The van der Waals surface area contributed by atoms with Crippen LogP contribution >= 0.6 is 0 Å². The molecule has 0 spiro atoms. The van der Waals surface area contributed by atoms with E-state index in [1.54, 1.807) is 6.08 Å². The molecule has 2 rings (SSSR count). The van der Waals surface area contributed by atoms with Gasteiger partial charge in [0.05, 0.1) is 12.2 Å². The van der Waals surface area contributed by atoms with Crippen LogP contribution in [0.25, 0.3) is 6.08 Å². The Kier molecular flexibility index (Phi) is 6.85. The quantitative estimate of drug-likeness (QED) is 0.812. The molecule has 1 saturated heterocycles. The summed E-state index contributed by atoms with van der Waals surface area (Å²) in [5, 5.41) is 9.65. The van der Waals surface area contributed by atoms with Crippen LogP contribution in [0, 0.1) is 5.92 Å². The van der Waals surface area contributed by atoms with Gasteiger partial charge >= 0.3 is 0 Å². The minimum Gasteiger partial charge on any atom is -0.490 e. The Morgan fingerprint density at radius 3 is 2.62 bits per heavy atom. The number of piperidine rings is 1. The van der Waals surface area contributed by atoms with E-state index in [1.807, 2.05) is 49.1 Å². The highest BCUT2D eigenvalue weighted by molar-refractivity contribution is 5.92. The van der Waals surface area contributed by atoms with Gasteiger partial charge < -0.3 is 14.7 Å². The summed E-state index contributed by atoms with van der Waals surface area (Å²) in [6.45, 7) is 7.38. The fourth-order valence-electron chi connectivity index (χ4n) is 2.89. The lowest BCUT2D eigenvalue weighted by molar-refractivity contribution is -0.127. The molecule has 1 amide bonds. The first-order chi connectivity index (χ1) is 11.5. The van der Waals surface area contributed by atoms with Gasteiger partial charge in [0.2, 0.25) is 5.91 Å². The first-order valence-electron chi connectivity index (χ1n) is 8.92. The Bertz CT molecular complexity index is 560. The number of benzene rings is 1. The van der Waals surface area contributed by atoms with E-state index in [0.29, 0.717) is 19.0 Å². The average Bonchev–Trinajstić information content (AvgIpc) is 2.60. The Morgan fingerprint density at radius 2 is 2.00 bits per heavy atom. The van der Waals surface area contributed by atoms with Gasteiger partial charge in [-0.2, -0.15) is 0 Å². The summed E-state index contributed by atoms with van der Waals surface area (Å²) in [6.07, 6.45) is 5.99. The molecule has 1 aliphatic rings. The molecule has 1 N–H and O–H groups in total. The molecule has 4 heteroatoms. The normalized spacial score (nSPS) is 18.6. The number of carbonyl (C=O) groups excluding carboxylic acids is 1. The molecule has 2 atom stereocenters. The van der Waals surface area contributed by atoms with Crippen LogP contribution in [0.5, 0.6) is 5.75 Å². The number of hydrogen-bond acceptors (Lipinski definition) is 3. The topological polar surface area (TPSA) is 49.8 Å². The van der Waals surface area contributed by atoms with Crippen molar-refractivity contribution in [1.29, 1.82) is 0 Å².